The highest BCUT2D eigenvalue weighted by atomic mass is 16.3. The van der Waals surface area contributed by atoms with Crippen molar-refractivity contribution in [2.45, 2.75) is 13.8 Å². The quantitative estimate of drug-likeness (QED) is 0.641. The van der Waals surface area contributed by atoms with Gasteiger partial charge in [-0.1, -0.05) is 0 Å². The monoisotopic (exact) mass is 192 g/mol. The van der Waals surface area contributed by atoms with Gasteiger partial charge in [0.2, 0.25) is 0 Å². The number of nitrogen functional groups attached to an aromatic ring is 1. The predicted octanol–water partition coefficient (Wildman–Crippen LogP) is 1.89. The molecule has 0 atom stereocenters. The molecule has 3 nitrogen and oxygen atoms in total. The molecule has 0 fully saturated rings. The first-order valence-corrected chi connectivity index (χ1v) is 4.52. The molecule has 0 amide bonds. The van der Waals surface area contributed by atoms with E-state index in [1.54, 1.807) is 6.20 Å². The third kappa shape index (κ3) is 2.78. The van der Waals surface area contributed by atoms with Crippen LogP contribution in [0.1, 0.15) is 12.5 Å². The summed E-state index contributed by atoms with van der Waals surface area (Å²) >= 11 is 0. The van der Waals surface area contributed by atoms with Gasteiger partial charge < -0.3 is 16.2 Å². The molecule has 14 heavy (non-hydrogen) atoms. The van der Waals surface area contributed by atoms with Crippen molar-refractivity contribution in [2.24, 2.45) is 0 Å². The highest BCUT2D eigenvalue weighted by Crippen LogP contribution is 2.17. The number of aliphatic hydroxyl groups is 1. The van der Waals surface area contributed by atoms with Crippen molar-refractivity contribution in [3.8, 4) is 0 Å². The first-order valence-electron chi connectivity index (χ1n) is 4.52. The molecule has 0 aliphatic rings. The minimum atomic E-state index is 0.0705. The number of nitrogens with one attached hydrogen (secondary N) is 1. The van der Waals surface area contributed by atoms with Gasteiger partial charge in [0.1, 0.15) is 0 Å². The Labute approximate surface area is 84.3 Å². The number of nitrogens with two attached hydrogens (primary N) is 1. The van der Waals surface area contributed by atoms with Gasteiger partial charge in [0, 0.05) is 17.6 Å². The van der Waals surface area contributed by atoms with E-state index >= 15 is 0 Å². The summed E-state index contributed by atoms with van der Waals surface area (Å²) in [6.45, 7) is 3.92. The Morgan fingerprint density at radius 2 is 2.29 bits per heavy atom. The summed E-state index contributed by atoms with van der Waals surface area (Å²) in [6, 6.07) is 5.67. The topological polar surface area (TPSA) is 58.3 Å². The largest absolute Gasteiger partial charge is 0.399 e. The summed E-state index contributed by atoms with van der Waals surface area (Å²) in [5, 5.41) is 11.9. The van der Waals surface area contributed by atoms with Crippen LogP contribution in [0.15, 0.2) is 30.0 Å². The van der Waals surface area contributed by atoms with E-state index in [1.165, 1.54) is 0 Å². The molecule has 76 valence electrons. The molecule has 0 aromatic heterocycles. The molecule has 1 aromatic rings. The Morgan fingerprint density at radius 3 is 2.86 bits per heavy atom. The predicted molar refractivity (Wildman–Crippen MR) is 60.1 cm³/mol. The number of hydrogen-bond donors (Lipinski definition) is 3. The van der Waals surface area contributed by atoms with Crippen LogP contribution in [0.25, 0.3) is 0 Å². The van der Waals surface area contributed by atoms with Gasteiger partial charge in [0.05, 0.1) is 6.61 Å². The number of benzene rings is 1. The van der Waals surface area contributed by atoms with Crippen molar-refractivity contribution < 1.29 is 5.11 Å². The second kappa shape index (κ2) is 4.67. The molecule has 0 bridgehead atoms. The first kappa shape index (κ1) is 10.6. The fourth-order valence-corrected chi connectivity index (χ4v) is 1.10. The van der Waals surface area contributed by atoms with Gasteiger partial charge in [-0.2, -0.15) is 0 Å². The minimum Gasteiger partial charge on any atom is -0.399 e. The summed E-state index contributed by atoms with van der Waals surface area (Å²) in [7, 11) is 0. The normalized spacial score (nSPS) is 11.5. The maximum Gasteiger partial charge on any atom is 0.0656 e. The fourth-order valence-electron chi connectivity index (χ4n) is 1.10. The second-order valence-corrected chi connectivity index (χ2v) is 3.37. The molecule has 1 aromatic carbocycles. The second-order valence-electron chi connectivity index (χ2n) is 3.37. The van der Waals surface area contributed by atoms with E-state index in [0.717, 1.165) is 22.5 Å². The van der Waals surface area contributed by atoms with E-state index in [9.17, 15) is 0 Å². The summed E-state index contributed by atoms with van der Waals surface area (Å²) in [4.78, 5) is 0. The van der Waals surface area contributed by atoms with Crippen LogP contribution >= 0.6 is 0 Å². The molecule has 0 heterocycles. The molecule has 0 aliphatic heterocycles. The Morgan fingerprint density at radius 1 is 1.57 bits per heavy atom. The van der Waals surface area contributed by atoms with E-state index in [1.807, 2.05) is 32.0 Å². The van der Waals surface area contributed by atoms with E-state index in [-0.39, 0.29) is 6.61 Å². The zero-order chi connectivity index (χ0) is 10.6. The minimum absolute atomic E-state index is 0.0705. The number of rotatable bonds is 3. The Hall–Kier alpha value is -1.48. The zero-order valence-corrected chi connectivity index (χ0v) is 8.54. The van der Waals surface area contributed by atoms with Crippen LogP contribution in [0.3, 0.4) is 0 Å². The molecule has 0 saturated heterocycles. The average molecular weight is 192 g/mol. The van der Waals surface area contributed by atoms with Gasteiger partial charge in [-0.05, 0) is 43.2 Å². The molecule has 0 spiro atoms. The van der Waals surface area contributed by atoms with Gasteiger partial charge in [-0.15, -0.1) is 0 Å². The van der Waals surface area contributed by atoms with Crippen LogP contribution in [0.5, 0.6) is 0 Å². The molecule has 0 unspecified atom stereocenters. The van der Waals surface area contributed by atoms with Gasteiger partial charge >= 0.3 is 0 Å². The maximum atomic E-state index is 8.80. The Bertz CT molecular complexity index is 345. The third-order valence-corrected chi connectivity index (χ3v) is 1.97. The molecule has 0 saturated carbocycles. The SMILES string of the molecule is C/C(=C\Nc1ccc(N)cc1C)CO. The van der Waals surface area contributed by atoms with Gasteiger partial charge in [-0.25, -0.2) is 0 Å². The number of hydrogen-bond acceptors (Lipinski definition) is 3. The molecule has 0 radical (unpaired) electrons. The molecule has 4 N–H and O–H groups in total. The van der Waals surface area contributed by atoms with E-state index in [2.05, 4.69) is 5.32 Å². The van der Waals surface area contributed by atoms with Gasteiger partial charge in [0.15, 0.2) is 0 Å². The van der Waals surface area contributed by atoms with Crippen molar-refractivity contribution in [1.82, 2.24) is 0 Å². The van der Waals surface area contributed by atoms with E-state index in [4.69, 9.17) is 10.8 Å². The van der Waals surface area contributed by atoms with Crippen LogP contribution in [-0.4, -0.2) is 11.7 Å². The molecular weight excluding hydrogens is 176 g/mol. The lowest BCUT2D eigenvalue weighted by Gasteiger charge is -2.06. The van der Waals surface area contributed by atoms with Crippen molar-refractivity contribution in [3.05, 3.63) is 35.5 Å². The lowest BCUT2D eigenvalue weighted by Crippen LogP contribution is -1.96. The summed E-state index contributed by atoms with van der Waals surface area (Å²) in [5.41, 5.74) is 9.37. The van der Waals surface area contributed by atoms with Crippen molar-refractivity contribution >= 4 is 11.4 Å². The highest BCUT2D eigenvalue weighted by Gasteiger charge is 1.95. The lowest BCUT2D eigenvalue weighted by atomic mass is 10.2. The maximum absolute atomic E-state index is 8.80. The van der Waals surface area contributed by atoms with Crippen LogP contribution < -0.4 is 11.1 Å². The third-order valence-electron chi connectivity index (χ3n) is 1.97. The van der Waals surface area contributed by atoms with Crippen molar-refractivity contribution in [1.29, 1.82) is 0 Å². The van der Waals surface area contributed by atoms with Crippen molar-refractivity contribution in [2.75, 3.05) is 17.7 Å². The number of aliphatic hydroxyl groups excluding tert-OH is 1. The van der Waals surface area contributed by atoms with Crippen LogP contribution in [0.2, 0.25) is 0 Å². The lowest BCUT2D eigenvalue weighted by molar-refractivity contribution is 0.331. The molecule has 3 heteroatoms. The van der Waals surface area contributed by atoms with Crippen LogP contribution in [-0.2, 0) is 0 Å². The Balaban J connectivity index is 2.77. The molecular formula is C11H16N2O. The number of aryl methyl sites for hydroxylation is 1. The Kier molecular flexibility index (Phi) is 3.54. The number of anilines is 2. The van der Waals surface area contributed by atoms with Crippen molar-refractivity contribution in [3.63, 3.8) is 0 Å². The smallest absolute Gasteiger partial charge is 0.0656 e. The van der Waals surface area contributed by atoms with E-state index < -0.39 is 0 Å². The summed E-state index contributed by atoms with van der Waals surface area (Å²) in [5.74, 6) is 0. The van der Waals surface area contributed by atoms with Gasteiger partial charge in [0.25, 0.3) is 0 Å². The van der Waals surface area contributed by atoms with Crippen LogP contribution in [0, 0.1) is 6.92 Å². The fraction of sp³-hybridized carbons (Fsp3) is 0.273. The van der Waals surface area contributed by atoms with Gasteiger partial charge in [-0.3, -0.25) is 0 Å². The average Bonchev–Trinajstić information content (AvgIpc) is 2.16. The van der Waals surface area contributed by atoms with Crippen LogP contribution in [0.4, 0.5) is 11.4 Å². The zero-order valence-electron chi connectivity index (χ0n) is 8.54. The first-order chi connectivity index (χ1) is 6.63. The summed E-state index contributed by atoms with van der Waals surface area (Å²) in [6.07, 6.45) is 1.79. The molecule has 0 aliphatic carbocycles. The summed E-state index contributed by atoms with van der Waals surface area (Å²) < 4.78 is 0. The highest BCUT2D eigenvalue weighted by molar-refractivity contribution is 5.58. The van der Waals surface area contributed by atoms with E-state index in [0.29, 0.717) is 0 Å². The molecule has 1 rings (SSSR count). The standard InChI is InChI=1S/C11H16N2O/c1-8(7-14)6-13-11-4-3-10(12)5-9(11)2/h3-6,13-14H,7,12H2,1-2H3/b8-6+.